The van der Waals surface area contributed by atoms with Crippen molar-refractivity contribution < 1.29 is 18.4 Å². The van der Waals surface area contributed by atoms with Crippen molar-refractivity contribution in [1.82, 2.24) is 25.5 Å². The molecule has 0 aliphatic rings. The third kappa shape index (κ3) is 6.33. The van der Waals surface area contributed by atoms with E-state index in [1.165, 1.54) is 24.3 Å². The number of pyridine rings is 2. The summed E-state index contributed by atoms with van der Waals surface area (Å²) in [5.74, 6) is -1.04. The van der Waals surface area contributed by atoms with Crippen molar-refractivity contribution in [3.05, 3.63) is 108 Å². The summed E-state index contributed by atoms with van der Waals surface area (Å²) in [5, 5.41) is 8.92. The Kier molecular flexibility index (Phi) is 8.38. The highest BCUT2D eigenvalue weighted by Gasteiger charge is 2.14. The third-order valence-electron chi connectivity index (χ3n) is 7.69. The van der Waals surface area contributed by atoms with Gasteiger partial charge in [0.25, 0.3) is 11.8 Å². The second-order valence-electron chi connectivity index (χ2n) is 10.9. The summed E-state index contributed by atoms with van der Waals surface area (Å²) in [7, 11) is 2.01. The summed E-state index contributed by atoms with van der Waals surface area (Å²) in [6.45, 7) is 2.56. The Balaban J connectivity index is 0.962. The maximum atomic E-state index is 13.6. The van der Waals surface area contributed by atoms with Crippen LogP contribution in [0, 0.1) is 11.6 Å². The fourth-order valence-corrected chi connectivity index (χ4v) is 5.44. The quantitative estimate of drug-likeness (QED) is 0.146. The fraction of sp³-hybridized carbons (Fsp3) is 0.200. The molecule has 0 spiro atoms. The molecule has 2 N–H and O–H groups in total. The van der Waals surface area contributed by atoms with Crippen LogP contribution in [0.5, 0.6) is 0 Å². The fourth-order valence-electron chi connectivity index (χ4n) is 5.44. The van der Waals surface area contributed by atoms with Gasteiger partial charge in [-0.1, -0.05) is 24.3 Å². The highest BCUT2D eigenvalue weighted by molar-refractivity contribution is 6.08. The molecular formula is C35H31F2N5O2. The molecule has 0 saturated heterocycles. The average molecular weight is 592 g/mol. The van der Waals surface area contributed by atoms with Crippen molar-refractivity contribution in [2.24, 2.45) is 0 Å². The first kappa shape index (κ1) is 29.1. The van der Waals surface area contributed by atoms with Crippen molar-refractivity contribution in [3.8, 4) is 0 Å². The lowest BCUT2D eigenvalue weighted by atomic mass is 10.1. The maximum Gasteiger partial charge on any atom is 0.253 e. The second kappa shape index (κ2) is 12.7. The van der Waals surface area contributed by atoms with Crippen LogP contribution < -0.4 is 10.6 Å². The van der Waals surface area contributed by atoms with E-state index in [-0.39, 0.29) is 23.4 Å². The first-order valence-electron chi connectivity index (χ1n) is 14.6. The van der Waals surface area contributed by atoms with Gasteiger partial charge in [0.2, 0.25) is 0 Å². The first-order chi connectivity index (χ1) is 21.4. The van der Waals surface area contributed by atoms with Gasteiger partial charge < -0.3 is 15.5 Å². The zero-order valence-electron chi connectivity index (χ0n) is 24.2. The van der Waals surface area contributed by atoms with E-state index in [1.807, 2.05) is 31.3 Å². The lowest BCUT2D eigenvalue weighted by Gasteiger charge is -2.17. The maximum absolute atomic E-state index is 13.6. The summed E-state index contributed by atoms with van der Waals surface area (Å²) in [5.41, 5.74) is 3.43. The Labute approximate surface area is 252 Å². The molecule has 6 rings (SSSR count). The van der Waals surface area contributed by atoms with Gasteiger partial charge in [-0.3, -0.25) is 9.59 Å². The number of carbonyl (C=O) groups excluding carboxylic acids is 2. The van der Waals surface area contributed by atoms with Gasteiger partial charge in [-0.05, 0) is 93.6 Å². The van der Waals surface area contributed by atoms with Crippen LogP contribution in [-0.2, 0) is 0 Å². The minimum absolute atomic E-state index is 0.196. The zero-order chi connectivity index (χ0) is 30.6. The van der Waals surface area contributed by atoms with E-state index in [0.29, 0.717) is 57.1 Å². The Morgan fingerprint density at radius 2 is 1.09 bits per heavy atom. The standard InChI is InChI=1S/C35H31F2N5O2/c1-42(16-4-14-38-34(43)28-8-2-6-22-18-24-20-26(36)10-12-30(24)40-32(22)28)17-5-15-39-35(44)29-9-3-7-23-19-25-21-27(37)11-13-31(25)41-33(23)29/h2-3,6-13,18-21H,4-5,14-17H2,1H3,(H,38,43)(H,39,44). The number of amides is 2. The van der Waals surface area contributed by atoms with Crippen LogP contribution in [-0.4, -0.2) is 59.9 Å². The summed E-state index contributed by atoms with van der Waals surface area (Å²) in [4.78, 5) is 37.3. The predicted molar refractivity (Wildman–Crippen MR) is 170 cm³/mol. The van der Waals surface area contributed by atoms with Gasteiger partial charge in [0.05, 0.1) is 33.2 Å². The van der Waals surface area contributed by atoms with Crippen molar-refractivity contribution in [2.45, 2.75) is 12.8 Å². The van der Waals surface area contributed by atoms with Gasteiger partial charge in [-0.25, -0.2) is 18.7 Å². The van der Waals surface area contributed by atoms with Gasteiger partial charge in [0, 0.05) is 34.6 Å². The van der Waals surface area contributed by atoms with Gasteiger partial charge in [-0.15, -0.1) is 0 Å². The number of nitrogens with one attached hydrogen (secondary N) is 2. The molecule has 0 saturated carbocycles. The van der Waals surface area contributed by atoms with E-state index in [4.69, 9.17) is 0 Å². The van der Waals surface area contributed by atoms with Crippen molar-refractivity contribution >= 4 is 55.4 Å². The molecule has 0 atom stereocenters. The number of hydrogen-bond donors (Lipinski definition) is 2. The number of nitrogens with zero attached hydrogens (tertiary/aromatic N) is 3. The largest absolute Gasteiger partial charge is 0.352 e. The molecule has 7 nitrogen and oxygen atoms in total. The highest BCUT2D eigenvalue weighted by Crippen LogP contribution is 2.24. The normalized spacial score (nSPS) is 11.5. The molecule has 2 heterocycles. The first-order valence-corrected chi connectivity index (χ1v) is 14.6. The molecule has 0 bridgehead atoms. The minimum Gasteiger partial charge on any atom is -0.352 e. The Morgan fingerprint density at radius 3 is 1.55 bits per heavy atom. The molecule has 44 heavy (non-hydrogen) atoms. The van der Waals surface area contributed by atoms with E-state index >= 15 is 0 Å². The van der Waals surface area contributed by atoms with Crippen molar-refractivity contribution in [2.75, 3.05) is 33.2 Å². The molecule has 0 aliphatic carbocycles. The number of fused-ring (bicyclic) bond motifs is 4. The third-order valence-corrected chi connectivity index (χ3v) is 7.69. The molecule has 2 aromatic heterocycles. The molecular weight excluding hydrogens is 560 g/mol. The summed E-state index contributed by atoms with van der Waals surface area (Å²) < 4.78 is 27.3. The molecule has 2 amide bonds. The van der Waals surface area contributed by atoms with Gasteiger partial charge in [0.15, 0.2) is 0 Å². The van der Waals surface area contributed by atoms with Crippen LogP contribution >= 0.6 is 0 Å². The number of para-hydroxylation sites is 2. The molecule has 9 heteroatoms. The number of benzene rings is 4. The molecule has 0 fully saturated rings. The number of halogens is 2. The van der Waals surface area contributed by atoms with E-state index in [1.54, 1.807) is 36.4 Å². The van der Waals surface area contributed by atoms with Crippen LogP contribution in [0.3, 0.4) is 0 Å². The van der Waals surface area contributed by atoms with E-state index in [0.717, 1.165) is 36.7 Å². The Morgan fingerprint density at radius 1 is 0.636 bits per heavy atom. The van der Waals surface area contributed by atoms with E-state index < -0.39 is 0 Å². The Bertz CT molecular complexity index is 1890. The van der Waals surface area contributed by atoms with Crippen LogP contribution in [0.1, 0.15) is 33.6 Å². The SMILES string of the molecule is CN(CCCNC(=O)c1cccc2cc3cc(F)ccc3nc12)CCCNC(=O)c1cccc2cc3cc(F)ccc3nc12. The van der Waals surface area contributed by atoms with E-state index in [9.17, 15) is 18.4 Å². The molecule has 222 valence electrons. The van der Waals surface area contributed by atoms with Crippen molar-refractivity contribution in [3.63, 3.8) is 0 Å². The summed E-state index contributed by atoms with van der Waals surface area (Å²) >= 11 is 0. The average Bonchev–Trinajstić information content (AvgIpc) is 3.02. The molecule has 0 unspecified atom stereocenters. The zero-order valence-corrected chi connectivity index (χ0v) is 24.2. The van der Waals surface area contributed by atoms with Crippen LogP contribution in [0.15, 0.2) is 84.9 Å². The molecule has 0 aliphatic heterocycles. The number of carbonyl (C=O) groups is 2. The topological polar surface area (TPSA) is 87.2 Å². The van der Waals surface area contributed by atoms with Gasteiger partial charge in [-0.2, -0.15) is 0 Å². The number of rotatable bonds is 10. The summed E-state index contributed by atoms with van der Waals surface area (Å²) in [6, 6.07) is 23.4. The van der Waals surface area contributed by atoms with E-state index in [2.05, 4.69) is 25.5 Å². The van der Waals surface area contributed by atoms with Gasteiger partial charge in [0.1, 0.15) is 11.6 Å². The predicted octanol–water partition coefficient (Wildman–Crippen LogP) is 6.24. The number of aromatic nitrogens is 2. The van der Waals surface area contributed by atoms with Crippen LogP contribution in [0.25, 0.3) is 43.6 Å². The summed E-state index contributed by atoms with van der Waals surface area (Å²) in [6.07, 6.45) is 1.52. The molecule has 0 radical (unpaired) electrons. The van der Waals surface area contributed by atoms with Crippen molar-refractivity contribution in [1.29, 1.82) is 0 Å². The smallest absolute Gasteiger partial charge is 0.253 e. The number of hydrogen-bond acceptors (Lipinski definition) is 5. The Hall–Kier alpha value is -5.02. The second-order valence-corrected chi connectivity index (χ2v) is 10.9. The lowest BCUT2D eigenvalue weighted by molar-refractivity contribution is 0.0947. The monoisotopic (exact) mass is 591 g/mol. The van der Waals surface area contributed by atoms with Crippen LogP contribution in [0.4, 0.5) is 8.78 Å². The van der Waals surface area contributed by atoms with Crippen LogP contribution in [0.2, 0.25) is 0 Å². The molecule has 6 aromatic rings. The molecule has 4 aromatic carbocycles. The van der Waals surface area contributed by atoms with Gasteiger partial charge >= 0.3 is 0 Å². The minimum atomic E-state index is -0.324. The highest BCUT2D eigenvalue weighted by atomic mass is 19.1. The lowest BCUT2D eigenvalue weighted by Crippen LogP contribution is -2.31.